The van der Waals surface area contributed by atoms with Gasteiger partial charge in [-0.1, -0.05) is 102 Å². The third-order valence-electron chi connectivity index (χ3n) is 13.4. The van der Waals surface area contributed by atoms with Crippen molar-refractivity contribution in [1.29, 1.82) is 0 Å². The Kier molecular flexibility index (Phi) is 6.56. The van der Waals surface area contributed by atoms with Gasteiger partial charge in [0.1, 0.15) is 0 Å². The highest BCUT2D eigenvalue weighted by molar-refractivity contribution is 6.80. The molecule has 2 heteroatoms. The third-order valence-corrected chi connectivity index (χ3v) is 18.4. The van der Waals surface area contributed by atoms with Crippen LogP contribution >= 0.6 is 0 Å². The van der Waals surface area contributed by atoms with E-state index in [0.29, 0.717) is 29.2 Å². The quantitative estimate of drug-likeness (QED) is 0.328. The third kappa shape index (κ3) is 3.98. The minimum atomic E-state index is -1.78. The molecule has 0 saturated heterocycles. The molecule has 1 aromatic rings. The second-order valence-corrected chi connectivity index (χ2v) is 21.8. The van der Waals surface area contributed by atoms with Gasteiger partial charge in [-0.3, -0.25) is 0 Å². The van der Waals surface area contributed by atoms with Crippen molar-refractivity contribution < 1.29 is 0 Å². The molecule has 1 aromatic carbocycles. The van der Waals surface area contributed by atoms with E-state index in [1.165, 1.54) is 36.9 Å². The predicted molar refractivity (Wildman–Crippen MR) is 179 cm³/mol. The molecule has 6 aliphatic rings. The van der Waals surface area contributed by atoms with E-state index >= 15 is 0 Å². The van der Waals surface area contributed by atoms with Gasteiger partial charge in [-0.2, -0.15) is 0 Å². The van der Waals surface area contributed by atoms with Gasteiger partial charge in [0.2, 0.25) is 0 Å². The van der Waals surface area contributed by atoms with Crippen LogP contribution in [0.4, 0.5) is 5.69 Å². The number of nitrogens with zero attached hydrogens (tertiary/aromatic N) is 1. The molecular formula is C39H55NSi. The molecule has 0 N–H and O–H groups in total. The zero-order valence-corrected chi connectivity index (χ0v) is 28.3. The number of anilines is 1. The molecule has 10 atom stereocenters. The van der Waals surface area contributed by atoms with Gasteiger partial charge >= 0.3 is 0 Å². The zero-order chi connectivity index (χ0) is 29.0. The lowest BCUT2D eigenvalue weighted by Crippen LogP contribution is -2.50. The fourth-order valence-electron chi connectivity index (χ4n) is 12.0. The van der Waals surface area contributed by atoms with Crippen molar-refractivity contribution in [2.75, 3.05) is 11.9 Å². The summed E-state index contributed by atoms with van der Waals surface area (Å²) in [6.45, 7) is 20.7. The molecule has 5 aliphatic carbocycles. The van der Waals surface area contributed by atoms with E-state index in [1.807, 2.05) is 5.57 Å². The molecule has 0 radical (unpaired) electrons. The van der Waals surface area contributed by atoms with Crippen LogP contribution in [0.2, 0.25) is 24.2 Å². The van der Waals surface area contributed by atoms with Gasteiger partial charge in [0.05, 0.1) is 8.07 Å². The van der Waals surface area contributed by atoms with Crippen molar-refractivity contribution in [1.82, 2.24) is 0 Å². The molecule has 0 bridgehead atoms. The fourth-order valence-corrected chi connectivity index (χ4v) is 18.0. The molecule has 1 nitrogen and oxygen atoms in total. The molecule has 1 heterocycles. The maximum atomic E-state index is 2.85. The first kappa shape index (κ1) is 28.0. The Morgan fingerprint density at radius 2 is 1.71 bits per heavy atom. The van der Waals surface area contributed by atoms with Gasteiger partial charge < -0.3 is 4.90 Å². The molecule has 1 aliphatic heterocycles. The molecule has 220 valence electrons. The number of hydrogen-bond donors (Lipinski definition) is 0. The zero-order valence-electron chi connectivity index (χ0n) is 27.3. The first-order valence-corrected chi connectivity index (χ1v) is 20.2. The molecule has 7 rings (SSSR count). The van der Waals surface area contributed by atoms with Gasteiger partial charge in [-0.25, -0.2) is 0 Å². The summed E-state index contributed by atoms with van der Waals surface area (Å²) in [5.74, 6) is 5.86. The number of likely N-dealkylation sites (N-methyl/N-ethyl adjacent to an activating group) is 1. The van der Waals surface area contributed by atoms with Crippen LogP contribution in [0.25, 0.3) is 0 Å². The maximum absolute atomic E-state index is 2.85. The van der Waals surface area contributed by atoms with E-state index in [9.17, 15) is 0 Å². The summed E-state index contributed by atoms with van der Waals surface area (Å²) in [6.07, 6.45) is 20.9. The Morgan fingerprint density at radius 1 is 0.976 bits per heavy atom. The van der Waals surface area contributed by atoms with Crippen LogP contribution in [0, 0.1) is 53.8 Å². The number of benzene rings is 1. The van der Waals surface area contributed by atoms with Crippen molar-refractivity contribution in [2.45, 2.75) is 103 Å². The Balaban J connectivity index is 1.33. The van der Waals surface area contributed by atoms with Crippen LogP contribution in [0.3, 0.4) is 0 Å². The summed E-state index contributed by atoms with van der Waals surface area (Å²) < 4.78 is 0. The number of hydrogen-bond acceptors (Lipinski definition) is 1. The number of aryl methyl sites for hydroxylation is 1. The molecule has 41 heavy (non-hydrogen) atoms. The van der Waals surface area contributed by atoms with Crippen molar-refractivity contribution in [3.8, 4) is 0 Å². The van der Waals surface area contributed by atoms with Crippen molar-refractivity contribution >= 4 is 13.8 Å². The van der Waals surface area contributed by atoms with Crippen molar-refractivity contribution in [2.24, 2.45) is 46.8 Å². The standard InChI is InChI=1S/C39H55NSi/c1-23(2)21-31-25(4)37(30-18-19-32-28(34(30)31)15-12-20-39(32,5)6)41(8,9)38-27-14-11-10-13-26(27)35-29-17-16-24(3)22-33(29)40(7)36(35)38/h10-11,13-14,16-19,22-23,25-27,30-31,34-38H,12,15,20-21H2,1-9H3. The summed E-state index contributed by atoms with van der Waals surface area (Å²) in [6, 6.07) is 7.96. The van der Waals surface area contributed by atoms with Crippen LogP contribution in [0.5, 0.6) is 0 Å². The summed E-state index contributed by atoms with van der Waals surface area (Å²) >= 11 is 0. The van der Waals surface area contributed by atoms with E-state index in [0.717, 1.165) is 40.7 Å². The van der Waals surface area contributed by atoms with Gasteiger partial charge in [-0.15, -0.1) is 0 Å². The normalized spacial score (nSPS) is 40.1. The average molecular weight is 566 g/mol. The van der Waals surface area contributed by atoms with Crippen molar-refractivity contribution in [3.63, 3.8) is 0 Å². The number of fused-ring (bicyclic) bond motifs is 7. The second-order valence-electron chi connectivity index (χ2n) is 16.8. The number of rotatable bonds is 4. The highest BCUT2D eigenvalue weighted by Crippen LogP contribution is 2.69. The van der Waals surface area contributed by atoms with Gasteiger partial charge in [0.25, 0.3) is 0 Å². The van der Waals surface area contributed by atoms with Crippen LogP contribution in [-0.4, -0.2) is 21.2 Å². The highest BCUT2D eigenvalue weighted by atomic mass is 28.3. The minimum absolute atomic E-state index is 0.341. The minimum Gasteiger partial charge on any atom is -0.371 e. The highest BCUT2D eigenvalue weighted by Gasteiger charge is 2.65. The van der Waals surface area contributed by atoms with E-state index in [1.54, 1.807) is 11.1 Å². The fraction of sp³-hybridized carbons (Fsp3) is 0.641. The summed E-state index contributed by atoms with van der Waals surface area (Å²) in [7, 11) is 0.657. The lowest BCUT2D eigenvalue weighted by molar-refractivity contribution is 0.264. The first-order chi connectivity index (χ1) is 19.4. The Labute approximate surface area is 252 Å². The monoisotopic (exact) mass is 565 g/mol. The molecule has 0 aromatic heterocycles. The van der Waals surface area contributed by atoms with Gasteiger partial charge in [0, 0.05) is 24.7 Å². The van der Waals surface area contributed by atoms with E-state index in [4.69, 9.17) is 0 Å². The predicted octanol–water partition coefficient (Wildman–Crippen LogP) is 10.3. The summed E-state index contributed by atoms with van der Waals surface area (Å²) in [4.78, 5) is 2.76. The molecule has 0 spiro atoms. The topological polar surface area (TPSA) is 3.24 Å². The van der Waals surface area contributed by atoms with E-state index < -0.39 is 8.07 Å². The van der Waals surface area contributed by atoms with Crippen molar-refractivity contribution in [3.05, 3.63) is 76.9 Å². The first-order valence-electron chi connectivity index (χ1n) is 17.0. The Bertz CT molecular complexity index is 1340. The van der Waals surface area contributed by atoms with E-state index in [2.05, 4.69) is 121 Å². The largest absolute Gasteiger partial charge is 0.371 e. The van der Waals surface area contributed by atoms with Crippen LogP contribution < -0.4 is 4.90 Å². The van der Waals surface area contributed by atoms with Crippen LogP contribution in [0.1, 0.15) is 77.3 Å². The molecule has 2 fully saturated rings. The van der Waals surface area contributed by atoms with Gasteiger partial charge in [-0.05, 0) is 113 Å². The van der Waals surface area contributed by atoms with Crippen LogP contribution in [-0.2, 0) is 0 Å². The second kappa shape index (κ2) is 9.60. The van der Waals surface area contributed by atoms with E-state index in [-0.39, 0.29) is 0 Å². The lowest BCUT2D eigenvalue weighted by Gasteiger charge is -2.48. The summed E-state index contributed by atoms with van der Waals surface area (Å²) in [5, 5.41) is 0. The smallest absolute Gasteiger partial charge is 0.0574 e. The van der Waals surface area contributed by atoms with Gasteiger partial charge in [0.15, 0.2) is 0 Å². The Morgan fingerprint density at radius 3 is 2.44 bits per heavy atom. The molecular weight excluding hydrogens is 511 g/mol. The Hall–Kier alpha value is -1.80. The molecule has 0 amide bonds. The lowest BCUT2D eigenvalue weighted by atomic mass is 9.63. The van der Waals surface area contributed by atoms with Crippen LogP contribution in [0.15, 0.2) is 65.8 Å². The maximum Gasteiger partial charge on any atom is 0.0574 e. The molecule has 2 saturated carbocycles. The summed E-state index contributed by atoms with van der Waals surface area (Å²) in [5.41, 5.74) is 10.1. The SMILES string of the molecule is Cc1ccc2c(c1)N(C)C1C2C2C=CC=CC2C1[Si](C)(C)C1C(C)C(CC(C)C)C2C3=C(C=CC21)C(C)(C)CCC3. The molecule has 10 unspecified atom stereocenters. The number of allylic oxidation sites excluding steroid dienone is 8. The average Bonchev–Trinajstić information content (AvgIpc) is 3.50.